The number of aryl methyl sites for hydroxylation is 2. The summed E-state index contributed by atoms with van der Waals surface area (Å²) in [6.45, 7) is 0.982. The van der Waals surface area contributed by atoms with Crippen LogP contribution >= 0.6 is 35.3 Å². The highest BCUT2D eigenvalue weighted by atomic mass is 127. The van der Waals surface area contributed by atoms with Gasteiger partial charge in [-0.25, -0.2) is 9.37 Å². The third-order valence-electron chi connectivity index (χ3n) is 4.45. The number of aliphatic imine (C=N–C) groups is 1. The molecule has 0 spiro atoms. The second-order valence-corrected chi connectivity index (χ2v) is 7.53. The topological polar surface area (TPSA) is 64.3 Å². The quantitative estimate of drug-likeness (QED) is 0.395. The van der Waals surface area contributed by atoms with Crippen molar-refractivity contribution in [2.24, 2.45) is 4.99 Å². The number of nitrogens with zero attached hydrogens (tertiary/aromatic N) is 4. The number of guanidine groups is 1. The van der Waals surface area contributed by atoms with E-state index in [0.717, 1.165) is 17.8 Å². The second-order valence-electron chi connectivity index (χ2n) is 6.36. The van der Waals surface area contributed by atoms with Crippen LogP contribution in [0.1, 0.15) is 39.5 Å². The second kappa shape index (κ2) is 9.99. The fourth-order valence-corrected chi connectivity index (χ4v) is 4.28. The molecule has 5 nitrogen and oxygen atoms in total. The fraction of sp³-hybridized carbons (Fsp3) is 0.421. The number of nitriles is 1. The number of nitrogens with one attached hydrogen (secondary N) is 1. The zero-order valence-corrected chi connectivity index (χ0v) is 18.6. The molecule has 0 aliphatic heterocycles. The Morgan fingerprint density at radius 2 is 2.19 bits per heavy atom. The summed E-state index contributed by atoms with van der Waals surface area (Å²) in [6, 6.07) is 6.44. The van der Waals surface area contributed by atoms with Crippen LogP contribution in [0.15, 0.2) is 23.2 Å². The molecule has 0 atom stereocenters. The van der Waals surface area contributed by atoms with Gasteiger partial charge in [0.2, 0.25) is 0 Å². The van der Waals surface area contributed by atoms with E-state index in [2.05, 4.69) is 10.3 Å². The summed E-state index contributed by atoms with van der Waals surface area (Å²) in [5, 5.41) is 13.1. The number of halogens is 2. The molecule has 1 aromatic carbocycles. The minimum absolute atomic E-state index is 0. The number of fused-ring (bicyclic) bond motifs is 1. The predicted octanol–water partition coefficient (Wildman–Crippen LogP) is 3.86. The van der Waals surface area contributed by atoms with Crippen LogP contribution in [0.5, 0.6) is 0 Å². The molecule has 2 aromatic rings. The highest BCUT2D eigenvalue weighted by Gasteiger charge is 2.17. The van der Waals surface area contributed by atoms with E-state index in [1.807, 2.05) is 18.0 Å². The van der Waals surface area contributed by atoms with Gasteiger partial charge >= 0.3 is 0 Å². The largest absolute Gasteiger partial charge is 0.352 e. The van der Waals surface area contributed by atoms with Crippen molar-refractivity contribution in [2.45, 2.75) is 38.8 Å². The van der Waals surface area contributed by atoms with Gasteiger partial charge < -0.3 is 10.2 Å². The van der Waals surface area contributed by atoms with Crippen LogP contribution in [0, 0.1) is 17.1 Å². The number of thiazole rings is 1. The van der Waals surface area contributed by atoms with Crippen LogP contribution < -0.4 is 5.32 Å². The summed E-state index contributed by atoms with van der Waals surface area (Å²) >= 11 is 1.79. The first-order valence-electron chi connectivity index (χ1n) is 8.68. The Balaban J connectivity index is 0.00000261. The molecule has 1 aliphatic carbocycles. The molecule has 0 fully saturated rings. The van der Waals surface area contributed by atoms with Gasteiger partial charge in [0.15, 0.2) is 5.96 Å². The van der Waals surface area contributed by atoms with E-state index in [0.29, 0.717) is 30.2 Å². The van der Waals surface area contributed by atoms with Crippen molar-refractivity contribution in [1.29, 1.82) is 5.26 Å². The Hall–Kier alpha value is -1.73. The summed E-state index contributed by atoms with van der Waals surface area (Å²) in [6.07, 6.45) is 4.71. The minimum atomic E-state index is -0.387. The van der Waals surface area contributed by atoms with Crippen LogP contribution in [0.2, 0.25) is 0 Å². The number of rotatable bonds is 4. The van der Waals surface area contributed by atoms with Gasteiger partial charge in [0, 0.05) is 31.1 Å². The van der Waals surface area contributed by atoms with Gasteiger partial charge in [0.25, 0.3) is 0 Å². The molecule has 0 radical (unpaired) electrons. The molecule has 1 aromatic heterocycles. The Labute approximate surface area is 180 Å². The van der Waals surface area contributed by atoms with Crippen molar-refractivity contribution in [3.63, 3.8) is 0 Å². The molecule has 8 heteroatoms. The zero-order valence-electron chi connectivity index (χ0n) is 15.5. The normalized spacial score (nSPS) is 13.3. The lowest BCUT2D eigenvalue weighted by atomic mass is 10.0. The van der Waals surface area contributed by atoms with Gasteiger partial charge in [-0.1, -0.05) is 6.07 Å². The van der Waals surface area contributed by atoms with Crippen molar-refractivity contribution in [3.8, 4) is 6.07 Å². The first kappa shape index (κ1) is 21.6. The Bertz CT molecular complexity index is 835. The molecule has 0 unspecified atom stereocenters. The van der Waals surface area contributed by atoms with E-state index < -0.39 is 0 Å². The maximum absolute atomic E-state index is 14.0. The molecule has 0 bridgehead atoms. The van der Waals surface area contributed by atoms with E-state index >= 15 is 0 Å². The van der Waals surface area contributed by atoms with Gasteiger partial charge in [0.1, 0.15) is 10.8 Å². The molecule has 1 N–H and O–H groups in total. The lowest BCUT2D eigenvalue weighted by Crippen LogP contribution is -2.38. The van der Waals surface area contributed by atoms with Gasteiger partial charge in [0.05, 0.1) is 23.9 Å². The highest BCUT2D eigenvalue weighted by molar-refractivity contribution is 14.0. The summed E-state index contributed by atoms with van der Waals surface area (Å²) in [5.41, 5.74) is 2.08. The van der Waals surface area contributed by atoms with Crippen molar-refractivity contribution in [1.82, 2.24) is 15.2 Å². The van der Waals surface area contributed by atoms with Gasteiger partial charge in [-0.05, 0) is 37.8 Å². The van der Waals surface area contributed by atoms with Gasteiger partial charge in [-0.2, -0.15) is 5.26 Å². The summed E-state index contributed by atoms with van der Waals surface area (Å²) in [4.78, 5) is 12.5. The van der Waals surface area contributed by atoms with Gasteiger partial charge in [-0.3, -0.25) is 4.99 Å². The number of hydrogen-bond acceptors (Lipinski definition) is 4. The number of benzene rings is 1. The zero-order chi connectivity index (χ0) is 18.5. The van der Waals surface area contributed by atoms with Crippen molar-refractivity contribution >= 4 is 41.3 Å². The van der Waals surface area contributed by atoms with Crippen molar-refractivity contribution < 1.29 is 4.39 Å². The average Bonchev–Trinajstić information content (AvgIpc) is 3.05. The summed E-state index contributed by atoms with van der Waals surface area (Å²) in [5.74, 6) is 0.296. The molecule has 144 valence electrons. The monoisotopic (exact) mass is 499 g/mol. The van der Waals surface area contributed by atoms with Crippen LogP contribution in [0.3, 0.4) is 0 Å². The maximum atomic E-state index is 14.0. The lowest BCUT2D eigenvalue weighted by molar-refractivity contribution is 0.473. The van der Waals surface area contributed by atoms with Crippen molar-refractivity contribution in [3.05, 3.63) is 50.7 Å². The minimum Gasteiger partial charge on any atom is -0.352 e. The van der Waals surface area contributed by atoms with E-state index in [1.54, 1.807) is 30.5 Å². The third-order valence-corrected chi connectivity index (χ3v) is 5.60. The lowest BCUT2D eigenvalue weighted by Gasteiger charge is -2.21. The SMILES string of the molecule is CN=C(NCc1ccc(C#N)cc1F)N(C)Cc1nc2c(s1)CCCC2.I. The third kappa shape index (κ3) is 5.39. The van der Waals surface area contributed by atoms with E-state index in [4.69, 9.17) is 10.2 Å². The molecule has 27 heavy (non-hydrogen) atoms. The van der Waals surface area contributed by atoms with Crippen LogP contribution in [-0.2, 0) is 25.9 Å². The molecule has 0 amide bonds. The number of hydrogen-bond donors (Lipinski definition) is 1. The average molecular weight is 499 g/mol. The van der Waals surface area contributed by atoms with Gasteiger partial charge in [-0.15, -0.1) is 35.3 Å². The van der Waals surface area contributed by atoms with Crippen LogP contribution in [-0.4, -0.2) is 29.9 Å². The summed E-state index contributed by atoms with van der Waals surface area (Å²) < 4.78 is 14.0. The molecule has 0 saturated heterocycles. The number of aromatic nitrogens is 1. The van der Waals surface area contributed by atoms with E-state index in [-0.39, 0.29) is 29.8 Å². The van der Waals surface area contributed by atoms with Crippen LogP contribution in [0.25, 0.3) is 0 Å². The Morgan fingerprint density at radius 1 is 1.41 bits per heavy atom. The van der Waals surface area contributed by atoms with Crippen LogP contribution in [0.4, 0.5) is 4.39 Å². The molecular formula is C19H23FIN5S. The molecular weight excluding hydrogens is 476 g/mol. The summed E-state index contributed by atoms with van der Waals surface area (Å²) in [7, 11) is 3.66. The Morgan fingerprint density at radius 3 is 2.85 bits per heavy atom. The first-order chi connectivity index (χ1) is 12.6. The van der Waals surface area contributed by atoms with Crippen molar-refractivity contribution in [2.75, 3.05) is 14.1 Å². The highest BCUT2D eigenvalue weighted by Crippen LogP contribution is 2.27. The molecule has 1 heterocycles. The first-order valence-corrected chi connectivity index (χ1v) is 9.50. The fourth-order valence-electron chi connectivity index (χ4n) is 3.07. The van der Waals surface area contributed by atoms with E-state index in [1.165, 1.54) is 29.5 Å². The molecule has 3 rings (SSSR count). The molecule has 0 saturated carbocycles. The van der Waals surface area contributed by atoms with E-state index in [9.17, 15) is 4.39 Å². The molecule has 1 aliphatic rings. The maximum Gasteiger partial charge on any atom is 0.194 e. The predicted molar refractivity (Wildman–Crippen MR) is 117 cm³/mol. The standard InChI is InChI=1S/C19H22FN5S.HI/c1-22-19(23-11-14-8-7-13(10-21)9-15(14)20)25(2)12-18-24-16-5-3-4-6-17(16)26-18;/h7-9H,3-6,11-12H2,1-2H3,(H,22,23);1H. The smallest absolute Gasteiger partial charge is 0.194 e. The Kier molecular flexibility index (Phi) is 7.98.